The third-order valence-corrected chi connectivity index (χ3v) is 5.26. The molecule has 0 bridgehead atoms. The molecule has 0 radical (unpaired) electrons. The van der Waals surface area contributed by atoms with Crippen LogP contribution < -0.4 is 5.73 Å². The Hall–Kier alpha value is -2.39. The van der Waals surface area contributed by atoms with Gasteiger partial charge in [-0.25, -0.2) is 4.98 Å². The van der Waals surface area contributed by atoms with Crippen LogP contribution in [0.5, 0.6) is 0 Å². The molecule has 3 aromatic rings. The van der Waals surface area contributed by atoms with Gasteiger partial charge in [0.05, 0.1) is 11.2 Å². The zero-order chi connectivity index (χ0) is 17.2. The summed E-state index contributed by atoms with van der Waals surface area (Å²) in [5, 5.41) is 1.20. The fraction of sp³-hybridized carbons (Fsp3) is 0.318. The summed E-state index contributed by atoms with van der Waals surface area (Å²) in [7, 11) is 0. The molecule has 0 aliphatic carbocycles. The minimum absolute atomic E-state index is 0.688. The van der Waals surface area contributed by atoms with E-state index in [1.165, 1.54) is 36.8 Å². The van der Waals surface area contributed by atoms with E-state index in [1.807, 2.05) is 18.2 Å². The highest BCUT2D eigenvalue weighted by Gasteiger charge is 2.18. The van der Waals surface area contributed by atoms with Crippen molar-refractivity contribution >= 4 is 16.6 Å². The zero-order valence-electron chi connectivity index (χ0n) is 14.8. The standard InChI is InChI=1S/C22H25N3/c1-16-5-2-3-12-25(16)15-17-8-10-21-19(13-17)9-11-22(24-21)18-6-4-7-20(23)14-18/h4,6-11,13-14,16H,2-3,5,12,15,23H2,1H3. The first-order chi connectivity index (χ1) is 12.2. The number of hydrogen-bond donors (Lipinski definition) is 1. The van der Waals surface area contributed by atoms with Gasteiger partial charge in [-0.15, -0.1) is 0 Å². The number of likely N-dealkylation sites (tertiary alicyclic amines) is 1. The highest BCUT2D eigenvalue weighted by Crippen LogP contribution is 2.25. The van der Waals surface area contributed by atoms with Gasteiger partial charge >= 0.3 is 0 Å². The molecule has 3 heteroatoms. The van der Waals surface area contributed by atoms with Crippen molar-refractivity contribution < 1.29 is 0 Å². The van der Waals surface area contributed by atoms with Crippen molar-refractivity contribution in [2.45, 2.75) is 38.8 Å². The second-order valence-electron chi connectivity index (χ2n) is 7.16. The number of aromatic nitrogens is 1. The average Bonchev–Trinajstić information content (AvgIpc) is 2.63. The van der Waals surface area contributed by atoms with Crippen LogP contribution >= 0.6 is 0 Å². The van der Waals surface area contributed by atoms with Crippen LogP contribution in [0.3, 0.4) is 0 Å². The normalized spacial score (nSPS) is 18.5. The number of nitrogens with two attached hydrogens (primary N) is 1. The van der Waals surface area contributed by atoms with Gasteiger partial charge in [-0.1, -0.05) is 30.7 Å². The summed E-state index contributed by atoms with van der Waals surface area (Å²) in [5.74, 6) is 0. The predicted molar refractivity (Wildman–Crippen MR) is 105 cm³/mol. The van der Waals surface area contributed by atoms with Gasteiger partial charge < -0.3 is 5.73 Å². The number of piperidine rings is 1. The molecule has 0 saturated carbocycles. The maximum absolute atomic E-state index is 5.90. The molecule has 128 valence electrons. The Morgan fingerprint density at radius 2 is 2.00 bits per heavy atom. The number of benzene rings is 2. The Morgan fingerprint density at radius 1 is 1.08 bits per heavy atom. The molecule has 3 nitrogen and oxygen atoms in total. The average molecular weight is 331 g/mol. The van der Waals surface area contributed by atoms with Crippen LogP contribution in [0.15, 0.2) is 54.6 Å². The number of pyridine rings is 1. The molecule has 1 aliphatic rings. The number of nitrogens with zero attached hydrogens (tertiary/aromatic N) is 2. The van der Waals surface area contributed by atoms with Crippen LogP contribution in [-0.2, 0) is 6.54 Å². The quantitative estimate of drug-likeness (QED) is 0.697. The Balaban J connectivity index is 1.60. The molecule has 1 fully saturated rings. The van der Waals surface area contributed by atoms with Crippen LogP contribution in [0.2, 0.25) is 0 Å². The minimum atomic E-state index is 0.688. The summed E-state index contributed by atoms with van der Waals surface area (Å²) in [5.41, 5.74) is 11.1. The fourth-order valence-electron chi connectivity index (χ4n) is 3.76. The highest BCUT2D eigenvalue weighted by atomic mass is 15.2. The van der Waals surface area contributed by atoms with E-state index >= 15 is 0 Å². The number of rotatable bonds is 3. The van der Waals surface area contributed by atoms with E-state index in [9.17, 15) is 0 Å². The van der Waals surface area contributed by atoms with E-state index in [-0.39, 0.29) is 0 Å². The lowest BCUT2D eigenvalue weighted by molar-refractivity contribution is 0.152. The molecule has 4 rings (SSSR count). The summed E-state index contributed by atoms with van der Waals surface area (Å²) < 4.78 is 0. The minimum Gasteiger partial charge on any atom is -0.399 e. The lowest BCUT2D eigenvalue weighted by Gasteiger charge is -2.33. The number of hydrogen-bond acceptors (Lipinski definition) is 3. The van der Waals surface area contributed by atoms with Crippen LogP contribution in [0, 0.1) is 0 Å². The van der Waals surface area contributed by atoms with Crippen LogP contribution in [-0.4, -0.2) is 22.5 Å². The van der Waals surface area contributed by atoms with Crippen LogP contribution in [0.4, 0.5) is 5.69 Å². The second kappa shape index (κ2) is 6.85. The van der Waals surface area contributed by atoms with Gasteiger partial charge in [0.2, 0.25) is 0 Å². The molecule has 2 heterocycles. The summed E-state index contributed by atoms with van der Waals surface area (Å²) in [6.45, 7) is 4.60. The van der Waals surface area contributed by atoms with E-state index in [0.29, 0.717) is 6.04 Å². The van der Waals surface area contributed by atoms with Crippen LogP contribution in [0.25, 0.3) is 22.2 Å². The van der Waals surface area contributed by atoms with Gasteiger partial charge in [-0.3, -0.25) is 4.90 Å². The Morgan fingerprint density at radius 3 is 2.84 bits per heavy atom. The largest absolute Gasteiger partial charge is 0.399 e. The number of nitrogen functional groups attached to an aromatic ring is 1. The zero-order valence-corrected chi connectivity index (χ0v) is 14.8. The summed E-state index contributed by atoms with van der Waals surface area (Å²) >= 11 is 0. The van der Waals surface area contributed by atoms with Gasteiger partial charge in [0.25, 0.3) is 0 Å². The molecule has 1 aromatic heterocycles. The molecular formula is C22H25N3. The SMILES string of the molecule is CC1CCCCN1Cc1ccc2nc(-c3cccc(N)c3)ccc2c1. The van der Waals surface area contributed by atoms with Crippen molar-refractivity contribution in [3.8, 4) is 11.3 Å². The van der Waals surface area contributed by atoms with Gasteiger partial charge in [-0.2, -0.15) is 0 Å². The molecular weight excluding hydrogens is 306 g/mol. The predicted octanol–water partition coefficient (Wildman–Crippen LogP) is 4.86. The monoisotopic (exact) mass is 331 g/mol. The first-order valence-electron chi connectivity index (χ1n) is 9.19. The molecule has 2 N–H and O–H groups in total. The first kappa shape index (κ1) is 16.1. The maximum atomic E-state index is 5.90. The smallest absolute Gasteiger partial charge is 0.0710 e. The van der Waals surface area contributed by atoms with E-state index < -0.39 is 0 Å². The molecule has 1 atom stereocenters. The van der Waals surface area contributed by atoms with Gasteiger partial charge in [0, 0.05) is 29.2 Å². The molecule has 2 aromatic carbocycles. The van der Waals surface area contributed by atoms with Gasteiger partial charge in [0.15, 0.2) is 0 Å². The molecule has 1 unspecified atom stereocenters. The van der Waals surface area contributed by atoms with E-state index in [2.05, 4.69) is 48.2 Å². The first-order valence-corrected chi connectivity index (χ1v) is 9.19. The van der Waals surface area contributed by atoms with Crippen molar-refractivity contribution in [2.24, 2.45) is 0 Å². The van der Waals surface area contributed by atoms with Crippen molar-refractivity contribution in [2.75, 3.05) is 12.3 Å². The van der Waals surface area contributed by atoms with Crippen molar-refractivity contribution in [1.82, 2.24) is 9.88 Å². The van der Waals surface area contributed by atoms with Crippen LogP contribution in [0.1, 0.15) is 31.7 Å². The topological polar surface area (TPSA) is 42.2 Å². The lowest BCUT2D eigenvalue weighted by atomic mass is 10.0. The van der Waals surface area contributed by atoms with E-state index in [4.69, 9.17) is 10.7 Å². The molecule has 1 aliphatic heterocycles. The Bertz CT molecular complexity index is 887. The van der Waals surface area contributed by atoms with Gasteiger partial charge in [0.1, 0.15) is 0 Å². The molecule has 0 spiro atoms. The third-order valence-electron chi connectivity index (χ3n) is 5.26. The summed E-state index contributed by atoms with van der Waals surface area (Å²) in [6.07, 6.45) is 4.01. The van der Waals surface area contributed by atoms with Gasteiger partial charge in [-0.05, 0) is 62.2 Å². The lowest BCUT2D eigenvalue weighted by Crippen LogP contribution is -2.36. The molecule has 25 heavy (non-hydrogen) atoms. The van der Waals surface area contributed by atoms with Crippen molar-refractivity contribution in [3.63, 3.8) is 0 Å². The Labute approximate surface area is 149 Å². The Kier molecular flexibility index (Phi) is 4.41. The maximum Gasteiger partial charge on any atom is 0.0710 e. The highest BCUT2D eigenvalue weighted by molar-refractivity contribution is 5.82. The number of anilines is 1. The van der Waals surface area contributed by atoms with Crippen molar-refractivity contribution in [1.29, 1.82) is 0 Å². The van der Waals surface area contributed by atoms with E-state index in [1.54, 1.807) is 0 Å². The summed E-state index contributed by atoms with van der Waals surface area (Å²) in [6, 6.07) is 19.5. The molecule has 0 amide bonds. The molecule has 1 saturated heterocycles. The third kappa shape index (κ3) is 3.52. The summed E-state index contributed by atoms with van der Waals surface area (Å²) in [4.78, 5) is 7.42. The van der Waals surface area contributed by atoms with E-state index in [0.717, 1.165) is 29.0 Å². The second-order valence-corrected chi connectivity index (χ2v) is 7.16. The fourth-order valence-corrected chi connectivity index (χ4v) is 3.76. The van der Waals surface area contributed by atoms with Crippen molar-refractivity contribution in [3.05, 3.63) is 60.2 Å². The number of fused-ring (bicyclic) bond motifs is 1.